The first-order valence-corrected chi connectivity index (χ1v) is 8.80. The van der Waals surface area contributed by atoms with Gasteiger partial charge < -0.3 is 16.4 Å². The number of rotatable bonds is 8. The van der Waals surface area contributed by atoms with Gasteiger partial charge in [-0.25, -0.2) is 0 Å². The second-order valence-corrected chi connectivity index (χ2v) is 6.28. The fraction of sp³-hybridized carbons (Fsp3) is 0.467. The molecule has 0 bridgehead atoms. The van der Waals surface area contributed by atoms with E-state index in [0.29, 0.717) is 17.1 Å². The summed E-state index contributed by atoms with van der Waals surface area (Å²) < 4.78 is 0. The molecule has 8 heteroatoms. The van der Waals surface area contributed by atoms with Crippen LogP contribution in [0.4, 0.5) is 5.69 Å². The highest BCUT2D eigenvalue weighted by Gasteiger charge is 2.13. The highest BCUT2D eigenvalue weighted by atomic mass is 35.5. The molecule has 0 aliphatic carbocycles. The van der Waals surface area contributed by atoms with Crippen LogP contribution in [-0.4, -0.2) is 36.4 Å². The van der Waals surface area contributed by atoms with Crippen LogP contribution in [0, 0.1) is 6.92 Å². The zero-order valence-corrected chi connectivity index (χ0v) is 15.6. The number of halogens is 2. The van der Waals surface area contributed by atoms with Crippen molar-refractivity contribution < 1.29 is 9.59 Å². The van der Waals surface area contributed by atoms with Crippen LogP contribution in [0.15, 0.2) is 18.2 Å². The standard InChI is InChI=1S/C15H22ClN3O2S.ClH/c1-10-11(16)4-3-5-13(10)19-14(20)6-8-18-15(21)12(17)7-9-22-2;/h3-5,12H,6-9,17H2,1-2H3,(H,18,21)(H,19,20);1H/t12-;/m0./s1. The number of benzene rings is 1. The molecule has 0 saturated heterocycles. The molecule has 130 valence electrons. The highest BCUT2D eigenvalue weighted by molar-refractivity contribution is 7.98. The Morgan fingerprint density at radius 3 is 2.74 bits per heavy atom. The molecule has 0 fully saturated rings. The molecule has 1 aromatic rings. The summed E-state index contributed by atoms with van der Waals surface area (Å²) in [4.78, 5) is 23.6. The minimum Gasteiger partial charge on any atom is -0.354 e. The first-order chi connectivity index (χ1) is 10.5. The number of nitrogens with one attached hydrogen (secondary N) is 2. The van der Waals surface area contributed by atoms with Crippen molar-refractivity contribution in [2.24, 2.45) is 5.73 Å². The fourth-order valence-electron chi connectivity index (χ4n) is 1.76. The summed E-state index contributed by atoms with van der Waals surface area (Å²) in [6, 6.07) is 4.81. The third kappa shape index (κ3) is 7.92. The van der Waals surface area contributed by atoms with Gasteiger partial charge in [0.25, 0.3) is 0 Å². The van der Waals surface area contributed by atoms with Crippen LogP contribution in [0.1, 0.15) is 18.4 Å². The number of hydrogen-bond acceptors (Lipinski definition) is 4. The molecule has 4 N–H and O–H groups in total. The molecule has 0 saturated carbocycles. The van der Waals surface area contributed by atoms with Gasteiger partial charge in [0.1, 0.15) is 0 Å². The Labute approximate surface area is 152 Å². The summed E-state index contributed by atoms with van der Waals surface area (Å²) in [5.74, 6) is 0.437. The Morgan fingerprint density at radius 1 is 1.39 bits per heavy atom. The van der Waals surface area contributed by atoms with Gasteiger partial charge in [-0.15, -0.1) is 12.4 Å². The maximum atomic E-state index is 11.9. The number of anilines is 1. The molecule has 23 heavy (non-hydrogen) atoms. The van der Waals surface area contributed by atoms with Crippen LogP contribution in [0.5, 0.6) is 0 Å². The van der Waals surface area contributed by atoms with E-state index < -0.39 is 6.04 Å². The van der Waals surface area contributed by atoms with Gasteiger partial charge in [0.15, 0.2) is 0 Å². The first kappa shape index (κ1) is 22.1. The lowest BCUT2D eigenvalue weighted by Crippen LogP contribution is -2.41. The normalized spacial score (nSPS) is 11.3. The second-order valence-electron chi connectivity index (χ2n) is 4.89. The summed E-state index contributed by atoms with van der Waals surface area (Å²) in [7, 11) is 0. The van der Waals surface area contributed by atoms with Gasteiger partial charge in [-0.1, -0.05) is 17.7 Å². The molecular weight excluding hydrogens is 357 g/mol. The third-order valence-electron chi connectivity index (χ3n) is 3.16. The lowest BCUT2D eigenvalue weighted by molar-refractivity contribution is -0.122. The molecule has 1 aromatic carbocycles. The topological polar surface area (TPSA) is 84.2 Å². The minimum absolute atomic E-state index is 0. The Balaban J connectivity index is 0.00000484. The van der Waals surface area contributed by atoms with Crippen molar-refractivity contribution in [3.8, 4) is 0 Å². The molecule has 0 aliphatic rings. The van der Waals surface area contributed by atoms with Gasteiger partial charge in [-0.3, -0.25) is 9.59 Å². The van der Waals surface area contributed by atoms with E-state index in [9.17, 15) is 9.59 Å². The van der Waals surface area contributed by atoms with Crippen LogP contribution in [0.25, 0.3) is 0 Å². The number of nitrogens with two attached hydrogens (primary N) is 1. The number of carbonyl (C=O) groups is 2. The highest BCUT2D eigenvalue weighted by Crippen LogP contribution is 2.22. The number of carbonyl (C=O) groups excluding carboxylic acids is 2. The molecule has 0 spiro atoms. The van der Waals surface area contributed by atoms with Crippen molar-refractivity contribution in [1.29, 1.82) is 0 Å². The summed E-state index contributed by atoms with van der Waals surface area (Å²) in [6.45, 7) is 2.10. The maximum Gasteiger partial charge on any atom is 0.236 e. The van der Waals surface area contributed by atoms with E-state index in [-0.39, 0.29) is 37.2 Å². The lowest BCUT2D eigenvalue weighted by atomic mass is 10.2. The van der Waals surface area contributed by atoms with E-state index in [0.717, 1.165) is 11.3 Å². The van der Waals surface area contributed by atoms with Gasteiger partial charge in [0.05, 0.1) is 6.04 Å². The largest absolute Gasteiger partial charge is 0.354 e. The van der Waals surface area contributed by atoms with Crippen LogP contribution >= 0.6 is 35.8 Å². The molecule has 0 aliphatic heterocycles. The maximum absolute atomic E-state index is 11.9. The number of amides is 2. The zero-order chi connectivity index (χ0) is 16.5. The summed E-state index contributed by atoms with van der Waals surface area (Å²) in [5.41, 5.74) is 7.24. The molecule has 0 heterocycles. The van der Waals surface area contributed by atoms with Crippen LogP contribution in [0.3, 0.4) is 0 Å². The van der Waals surface area contributed by atoms with Gasteiger partial charge in [0.2, 0.25) is 11.8 Å². The van der Waals surface area contributed by atoms with Crippen LogP contribution in [-0.2, 0) is 9.59 Å². The molecule has 5 nitrogen and oxygen atoms in total. The predicted molar refractivity (Wildman–Crippen MR) is 101 cm³/mol. The average molecular weight is 380 g/mol. The van der Waals surface area contributed by atoms with Gasteiger partial charge in [-0.2, -0.15) is 11.8 Å². The Kier molecular flexibility index (Phi) is 11.1. The van der Waals surface area contributed by atoms with Gasteiger partial charge in [-0.05, 0) is 43.0 Å². The predicted octanol–water partition coefficient (Wildman–Crippen LogP) is 2.60. The fourth-order valence-corrected chi connectivity index (χ4v) is 2.43. The Hall–Kier alpha value is -0.950. The molecule has 0 unspecified atom stereocenters. The average Bonchev–Trinajstić information content (AvgIpc) is 2.49. The molecule has 1 rings (SSSR count). The van der Waals surface area contributed by atoms with Crippen molar-refractivity contribution >= 4 is 53.3 Å². The Morgan fingerprint density at radius 2 is 2.09 bits per heavy atom. The van der Waals surface area contributed by atoms with Gasteiger partial charge in [0, 0.05) is 23.7 Å². The van der Waals surface area contributed by atoms with E-state index >= 15 is 0 Å². The first-order valence-electron chi connectivity index (χ1n) is 7.03. The molecule has 0 aromatic heterocycles. The Bertz CT molecular complexity index is 529. The summed E-state index contributed by atoms with van der Waals surface area (Å²) in [5, 5.41) is 6.06. The minimum atomic E-state index is -0.523. The van der Waals surface area contributed by atoms with Crippen molar-refractivity contribution in [3.05, 3.63) is 28.8 Å². The van der Waals surface area contributed by atoms with Crippen molar-refractivity contribution in [3.63, 3.8) is 0 Å². The third-order valence-corrected chi connectivity index (χ3v) is 4.22. The van der Waals surface area contributed by atoms with E-state index in [2.05, 4.69) is 10.6 Å². The summed E-state index contributed by atoms with van der Waals surface area (Å²) >= 11 is 7.64. The summed E-state index contributed by atoms with van der Waals surface area (Å²) in [6.07, 6.45) is 2.78. The van der Waals surface area contributed by atoms with E-state index in [4.69, 9.17) is 17.3 Å². The SMILES string of the molecule is CSCC[C@H](N)C(=O)NCCC(=O)Nc1cccc(Cl)c1C.Cl. The van der Waals surface area contributed by atoms with Crippen molar-refractivity contribution in [1.82, 2.24) is 5.32 Å². The van der Waals surface area contributed by atoms with E-state index in [1.54, 1.807) is 30.0 Å². The van der Waals surface area contributed by atoms with Gasteiger partial charge >= 0.3 is 0 Å². The van der Waals surface area contributed by atoms with E-state index in [1.165, 1.54) is 0 Å². The van der Waals surface area contributed by atoms with E-state index in [1.807, 2.05) is 13.2 Å². The lowest BCUT2D eigenvalue weighted by Gasteiger charge is -2.12. The van der Waals surface area contributed by atoms with Crippen molar-refractivity contribution in [2.75, 3.05) is 23.9 Å². The molecule has 2 amide bonds. The zero-order valence-electron chi connectivity index (χ0n) is 13.2. The quantitative estimate of drug-likeness (QED) is 0.647. The van der Waals surface area contributed by atoms with Crippen LogP contribution < -0.4 is 16.4 Å². The van der Waals surface area contributed by atoms with Crippen molar-refractivity contribution in [2.45, 2.75) is 25.8 Å². The molecular formula is C15H23Cl2N3O2S. The molecule has 1 atom stereocenters. The number of hydrogen-bond donors (Lipinski definition) is 3. The monoisotopic (exact) mass is 379 g/mol. The molecule has 0 radical (unpaired) electrons. The second kappa shape index (κ2) is 11.6. The van der Waals surface area contributed by atoms with Crippen LogP contribution in [0.2, 0.25) is 5.02 Å². The number of thioether (sulfide) groups is 1. The smallest absolute Gasteiger partial charge is 0.236 e.